The molecular formula is C17H20N2. The van der Waals surface area contributed by atoms with Gasteiger partial charge in [0.2, 0.25) is 0 Å². The summed E-state index contributed by atoms with van der Waals surface area (Å²) in [4.78, 5) is 2.52. The maximum Gasteiger partial charge on any atom is 0.0604 e. The molecule has 1 aliphatic heterocycles. The molecule has 2 aromatic carbocycles. The highest BCUT2D eigenvalue weighted by atomic mass is 15.2. The van der Waals surface area contributed by atoms with Gasteiger partial charge in [0.15, 0.2) is 0 Å². The number of hydrogen-bond donors (Lipinski definition) is 1. The highest BCUT2D eigenvalue weighted by molar-refractivity contribution is 5.32. The third-order valence-electron chi connectivity index (χ3n) is 4.02. The Balaban J connectivity index is 1.97. The molecule has 19 heavy (non-hydrogen) atoms. The molecule has 0 amide bonds. The molecule has 1 fully saturated rings. The van der Waals surface area contributed by atoms with Crippen LogP contribution in [0.1, 0.15) is 23.6 Å². The maximum atomic E-state index is 5.88. The van der Waals surface area contributed by atoms with Gasteiger partial charge in [0, 0.05) is 19.1 Å². The third-order valence-corrected chi connectivity index (χ3v) is 4.02. The molecular weight excluding hydrogens is 232 g/mol. The maximum absolute atomic E-state index is 5.88. The Hall–Kier alpha value is -1.64. The molecule has 0 spiro atoms. The van der Waals surface area contributed by atoms with Crippen molar-refractivity contribution in [1.29, 1.82) is 0 Å². The molecule has 2 N–H and O–H groups in total. The summed E-state index contributed by atoms with van der Waals surface area (Å²) in [6.45, 7) is 1.88. The standard InChI is InChI=1S/C17H20N2/c18-13-16-11-12-19(16)17(14-7-3-1-4-8-14)15-9-5-2-6-10-15/h1-10,16-17H,11-13,18H2. The fourth-order valence-corrected chi connectivity index (χ4v) is 2.90. The van der Waals surface area contributed by atoms with Crippen LogP contribution in [0.4, 0.5) is 0 Å². The lowest BCUT2D eigenvalue weighted by atomic mass is 9.91. The van der Waals surface area contributed by atoms with Crippen LogP contribution in [-0.2, 0) is 0 Å². The van der Waals surface area contributed by atoms with Crippen molar-refractivity contribution < 1.29 is 0 Å². The summed E-state index contributed by atoms with van der Waals surface area (Å²) < 4.78 is 0. The van der Waals surface area contributed by atoms with Gasteiger partial charge in [-0.3, -0.25) is 4.90 Å². The van der Waals surface area contributed by atoms with Gasteiger partial charge >= 0.3 is 0 Å². The first-order valence-corrected chi connectivity index (χ1v) is 6.96. The van der Waals surface area contributed by atoms with Crippen LogP contribution in [0.25, 0.3) is 0 Å². The van der Waals surface area contributed by atoms with E-state index in [-0.39, 0.29) is 0 Å². The molecule has 1 heterocycles. The average Bonchev–Trinajstić information content (AvgIpc) is 2.46. The van der Waals surface area contributed by atoms with E-state index in [1.54, 1.807) is 0 Å². The minimum absolute atomic E-state index is 0.338. The van der Waals surface area contributed by atoms with Gasteiger partial charge in [-0.15, -0.1) is 0 Å². The zero-order valence-electron chi connectivity index (χ0n) is 11.1. The van der Waals surface area contributed by atoms with Crippen molar-refractivity contribution >= 4 is 0 Å². The Morgan fingerprint density at radius 2 is 1.47 bits per heavy atom. The van der Waals surface area contributed by atoms with Crippen molar-refractivity contribution in [2.24, 2.45) is 5.73 Å². The molecule has 0 saturated carbocycles. The second kappa shape index (κ2) is 5.55. The molecule has 1 saturated heterocycles. The fraction of sp³-hybridized carbons (Fsp3) is 0.294. The summed E-state index contributed by atoms with van der Waals surface area (Å²) in [6, 6.07) is 22.3. The molecule has 0 radical (unpaired) electrons. The summed E-state index contributed by atoms with van der Waals surface area (Å²) in [6.07, 6.45) is 1.21. The smallest absolute Gasteiger partial charge is 0.0604 e. The number of benzene rings is 2. The van der Waals surface area contributed by atoms with Crippen LogP contribution in [0.5, 0.6) is 0 Å². The Morgan fingerprint density at radius 1 is 0.947 bits per heavy atom. The van der Waals surface area contributed by atoms with E-state index in [2.05, 4.69) is 65.6 Å². The summed E-state index contributed by atoms with van der Waals surface area (Å²) in [7, 11) is 0. The minimum Gasteiger partial charge on any atom is -0.329 e. The Morgan fingerprint density at radius 3 is 1.84 bits per heavy atom. The van der Waals surface area contributed by atoms with Crippen molar-refractivity contribution in [2.75, 3.05) is 13.1 Å². The molecule has 2 heteroatoms. The van der Waals surface area contributed by atoms with Gasteiger partial charge in [-0.1, -0.05) is 60.7 Å². The van der Waals surface area contributed by atoms with Crippen LogP contribution >= 0.6 is 0 Å². The molecule has 1 unspecified atom stereocenters. The molecule has 2 aromatic rings. The molecule has 3 rings (SSSR count). The normalized spacial score (nSPS) is 19.4. The lowest BCUT2D eigenvalue weighted by Crippen LogP contribution is -2.53. The monoisotopic (exact) mass is 252 g/mol. The third kappa shape index (κ3) is 2.42. The highest BCUT2D eigenvalue weighted by Crippen LogP contribution is 2.35. The number of hydrogen-bond acceptors (Lipinski definition) is 2. The van der Waals surface area contributed by atoms with E-state index >= 15 is 0 Å². The van der Waals surface area contributed by atoms with E-state index in [9.17, 15) is 0 Å². The second-order valence-corrected chi connectivity index (χ2v) is 5.14. The van der Waals surface area contributed by atoms with E-state index in [1.165, 1.54) is 17.5 Å². The highest BCUT2D eigenvalue weighted by Gasteiger charge is 2.34. The van der Waals surface area contributed by atoms with E-state index in [1.807, 2.05) is 0 Å². The summed E-state index contributed by atoms with van der Waals surface area (Å²) in [5.74, 6) is 0. The van der Waals surface area contributed by atoms with E-state index in [4.69, 9.17) is 5.73 Å². The fourth-order valence-electron chi connectivity index (χ4n) is 2.90. The predicted molar refractivity (Wildman–Crippen MR) is 78.9 cm³/mol. The summed E-state index contributed by atoms with van der Waals surface area (Å²) in [5, 5.41) is 0. The first-order chi connectivity index (χ1) is 9.40. The molecule has 2 nitrogen and oxygen atoms in total. The Kier molecular flexibility index (Phi) is 3.62. The number of nitrogens with zero attached hydrogens (tertiary/aromatic N) is 1. The van der Waals surface area contributed by atoms with Gasteiger partial charge < -0.3 is 5.73 Å². The van der Waals surface area contributed by atoms with Crippen LogP contribution in [0.15, 0.2) is 60.7 Å². The number of likely N-dealkylation sites (tertiary alicyclic amines) is 1. The topological polar surface area (TPSA) is 29.3 Å². The first kappa shape index (κ1) is 12.4. The van der Waals surface area contributed by atoms with Crippen molar-refractivity contribution in [3.8, 4) is 0 Å². The molecule has 98 valence electrons. The molecule has 0 bridgehead atoms. The Bertz CT molecular complexity index is 468. The van der Waals surface area contributed by atoms with Crippen LogP contribution in [0, 0.1) is 0 Å². The van der Waals surface area contributed by atoms with Gasteiger partial charge in [-0.2, -0.15) is 0 Å². The van der Waals surface area contributed by atoms with Crippen molar-refractivity contribution in [3.63, 3.8) is 0 Å². The lowest BCUT2D eigenvalue weighted by molar-refractivity contribution is 0.0631. The van der Waals surface area contributed by atoms with Gasteiger partial charge in [0.25, 0.3) is 0 Å². The Labute approximate surface area is 114 Å². The molecule has 0 aromatic heterocycles. The molecule has 1 atom stereocenters. The largest absolute Gasteiger partial charge is 0.329 e. The predicted octanol–water partition coefficient (Wildman–Crippen LogP) is 2.81. The van der Waals surface area contributed by atoms with Crippen LogP contribution in [0.3, 0.4) is 0 Å². The quantitative estimate of drug-likeness (QED) is 0.906. The van der Waals surface area contributed by atoms with Gasteiger partial charge in [0.05, 0.1) is 6.04 Å². The van der Waals surface area contributed by atoms with Crippen LogP contribution < -0.4 is 5.73 Å². The lowest BCUT2D eigenvalue weighted by Gasteiger charge is -2.46. The van der Waals surface area contributed by atoms with E-state index in [0.717, 1.165) is 13.1 Å². The van der Waals surface area contributed by atoms with Gasteiger partial charge in [0.1, 0.15) is 0 Å². The van der Waals surface area contributed by atoms with Crippen molar-refractivity contribution in [2.45, 2.75) is 18.5 Å². The number of nitrogens with two attached hydrogens (primary N) is 1. The second-order valence-electron chi connectivity index (χ2n) is 5.14. The van der Waals surface area contributed by atoms with Crippen LogP contribution in [-0.4, -0.2) is 24.0 Å². The summed E-state index contributed by atoms with van der Waals surface area (Å²) in [5.41, 5.74) is 8.58. The van der Waals surface area contributed by atoms with E-state index in [0.29, 0.717) is 12.1 Å². The molecule has 1 aliphatic rings. The first-order valence-electron chi connectivity index (χ1n) is 6.96. The molecule has 0 aliphatic carbocycles. The number of rotatable bonds is 4. The van der Waals surface area contributed by atoms with Crippen LogP contribution in [0.2, 0.25) is 0 Å². The minimum atomic E-state index is 0.338. The zero-order valence-corrected chi connectivity index (χ0v) is 11.1. The zero-order chi connectivity index (χ0) is 13.1. The van der Waals surface area contributed by atoms with E-state index < -0.39 is 0 Å². The van der Waals surface area contributed by atoms with Gasteiger partial charge in [-0.25, -0.2) is 0 Å². The average molecular weight is 252 g/mol. The summed E-state index contributed by atoms with van der Waals surface area (Å²) >= 11 is 0. The van der Waals surface area contributed by atoms with Crippen molar-refractivity contribution in [3.05, 3.63) is 71.8 Å². The van der Waals surface area contributed by atoms with Gasteiger partial charge in [-0.05, 0) is 17.5 Å². The SMILES string of the molecule is NCC1CCN1C(c1ccccc1)c1ccccc1. The van der Waals surface area contributed by atoms with Crippen molar-refractivity contribution in [1.82, 2.24) is 4.90 Å².